The molecular formula is C52H41N. The van der Waals surface area contributed by atoms with Crippen LogP contribution in [0.5, 0.6) is 0 Å². The Hall–Kier alpha value is -6.18. The predicted octanol–water partition coefficient (Wildman–Crippen LogP) is 14.3. The van der Waals surface area contributed by atoms with Gasteiger partial charge in [0, 0.05) is 27.8 Å². The molecule has 0 aliphatic heterocycles. The molecule has 10 rings (SSSR count). The number of nitrogens with zero attached hydrogens (tertiary/aromatic N) is 1. The summed E-state index contributed by atoms with van der Waals surface area (Å²) in [5.41, 5.74) is 19.1. The molecule has 0 saturated heterocycles. The Morgan fingerprint density at radius 3 is 1.72 bits per heavy atom. The van der Waals surface area contributed by atoms with E-state index in [1.807, 2.05) is 0 Å². The molecule has 2 aliphatic carbocycles. The first-order chi connectivity index (χ1) is 25.8. The lowest BCUT2D eigenvalue weighted by atomic mass is 9.81. The molecule has 2 aliphatic rings. The third-order valence-corrected chi connectivity index (χ3v) is 12.1. The summed E-state index contributed by atoms with van der Waals surface area (Å²) < 4.78 is 0. The Balaban J connectivity index is 1.11. The molecule has 254 valence electrons. The van der Waals surface area contributed by atoms with Crippen LogP contribution in [0.1, 0.15) is 49.9 Å². The first-order valence-corrected chi connectivity index (χ1v) is 18.8. The van der Waals surface area contributed by atoms with Crippen LogP contribution in [-0.2, 0) is 10.8 Å². The van der Waals surface area contributed by atoms with Gasteiger partial charge in [0.2, 0.25) is 0 Å². The van der Waals surface area contributed by atoms with Crippen molar-refractivity contribution in [2.45, 2.75) is 38.5 Å². The molecule has 0 amide bonds. The van der Waals surface area contributed by atoms with Crippen molar-refractivity contribution in [2.75, 3.05) is 4.90 Å². The van der Waals surface area contributed by atoms with Gasteiger partial charge in [0.25, 0.3) is 0 Å². The van der Waals surface area contributed by atoms with Crippen LogP contribution in [0.3, 0.4) is 0 Å². The summed E-state index contributed by atoms with van der Waals surface area (Å²) >= 11 is 0. The van der Waals surface area contributed by atoms with E-state index in [0.717, 1.165) is 11.4 Å². The van der Waals surface area contributed by atoms with Crippen LogP contribution in [0.4, 0.5) is 17.1 Å². The van der Waals surface area contributed by atoms with Crippen molar-refractivity contribution in [3.63, 3.8) is 0 Å². The van der Waals surface area contributed by atoms with Gasteiger partial charge in [-0.3, -0.25) is 0 Å². The lowest BCUT2D eigenvalue weighted by molar-refractivity contribution is 0.660. The summed E-state index contributed by atoms with van der Waals surface area (Å²) in [5.74, 6) is 0. The van der Waals surface area contributed by atoms with Crippen molar-refractivity contribution >= 4 is 27.8 Å². The van der Waals surface area contributed by atoms with Crippen molar-refractivity contribution in [3.05, 3.63) is 198 Å². The molecule has 0 aromatic heterocycles. The number of benzene rings is 8. The summed E-state index contributed by atoms with van der Waals surface area (Å²) in [6.45, 7) is 9.42. The second kappa shape index (κ2) is 11.7. The molecule has 0 unspecified atom stereocenters. The molecule has 0 heterocycles. The second-order valence-corrected chi connectivity index (χ2v) is 15.8. The molecular weight excluding hydrogens is 639 g/mol. The van der Waals surface area contributed by atoms with Gasteiger partial charge in [-0.05, 0) is 114 Å². The van der Waals surface area contributed by atoms with E-state index in [-0.39, 0.29) is 10.8 Å². The minimum absolute atomic E-state index is 0.0352. The fourth-order valence-corrected chi connectivity index (χ4v) is 9.23. The molecule has 0 atom stereocenters. The molecule has 1 nitrogen and oxygen atoms in total. The summed E-state index contributed by atoms with van der Waals surface area (Å²) in [6, 6.07) is 65.3. The van der Waals surface area contributed by atoms with Crippen LogP contribution in [0, 0.1) is 0 Å². The highest BCUT2D eigenvalue weighted by molar-refractivity contribution is 5.96. The van der Waals surface area contributed by atoms with Gasteiger partial charge < -0.3 is 4.90 Å². The Labute approximate surface area is 312 Å². The molecule has 8 aromatic rings. The normalized spacial score (nSPS) is 14.3. The maximum atomic E-state index is 2.47. The first kappa shape index (κ1) is 31.5. The summed E-state index contributed by atoms with van der Waals surface area (Å²) in [4.78, 5) is 2.47. The van der Waals surface area contributed by atoms with E-state index in [1.165, 1.54) is 83.2 Å². The smallest absolute Gasteiger partial charge is 0.0543 e. The number of anilines is 3. The van der Waals surface area contributed by atoms with Gasteiger partial charge >= 0.3 is 0 Å². The number of rotatable bonds is 5. The third-order valence-electron chi connectivity index (χ3n) is 12.1. The van der Waals surface area contributed by atoms with Crippen LogP contribution in [0.2, 0.25) is 0 Å². The summed E-state index contributed by atoms with van der Waals surface area (Å²) in [5, 5.41) is 2.51. The Bertz CT molecular complexity index is 2730. The van der Waals surface area contributed by atoms with E-state index < -0.39 is 0 Å². The Morgan fingerprint density at radius 2 is 0.906 bits per heavy atom. The SMILES string of the molecule is CC1(C)c2ccccc2-c2ccc(-c3ccc(N(c4cccc(-c5ccc6ccccc6c5)c4)c4cccc5c4-c4ccccc4C5(C)C)cc3)cc21. The maximum Gasteiger partial charge on any atom is 0.0543 e. The Kier molecular flexibility index (Phi) is 6.94. The number of hydrogen-bond donors (Lipinski definition) is 0. The van der Waals surface area contributed by atoms with Crippen LogP contribution < -0.4 is 4.90 Å². The first-order valence-electron chi connectivity index (χ1n) is 18.8. The van der Waals surface area contributed by atoms with Crippen LogP contribution in [0.25, 0.3) is 55.3 Å². The summed E-state index contributed by atoms with van der Waals surface area (Å²) in [6.07, 6.45) is 0. The fraction of sp³-hybridized carbons (Fsp3) is 0.115. The highest BCUT2D eigenvalue weighted by Gasteiger charge is 2.38. The standard InChI is InChI=1S/C52H41N/c1-51(2)46-20-10-8-18-44(46)50-47(51)21-12-22-49(50)53(41-16-11-15-37(32-41)38-24-23-34-13-5-6-14-36(34)31-38)40-28-25-35(26-29-40)39-27-30-43-42-17-7-9-19-45(42)52(3,4)48(43)33-39/h5-33H,1-4H3. The molecule has 0 N–H and O–H groups in total. The zero-order valence-corrected chi connectivity index (χ0v) is 30.7. The van der Waals surface area contributed by atoms with Gasteiger partial charge in [-0.25, -0.2) is 0 Å². The van der Waals surface area contributed by atoms with Gasteiger partial charge in [-0.1, -0.05) is 161 Å². The molecule has 8 aromatic carbocycles. The highest BCUT2D eigenvalue weighted by Crippen LogP contribution is 2.54. The molecule has 0 bridgehead atoms. The number of hydrogen-bond acceptors (Lipinski definition) is 1. The molecule has 0 radical (unpaired) electrons. The monoisotopic (exact) mass is 679 g/mol. The third kappa shape index (κ3) is 4.84. The highest BCUT2D eigenvalue weighted by atomic mass is 15.1. The predicted molar refractivity (Wildman–Crippen MR) is 225 cm³/mol. The minimum atomic E-state index is -0.0919. The molecule has 0 spiro atoms. The lowest BCUT2D eigenvalue weighted by Crippen LogP contribution is -2.16. The van der Waals surface area contributed by atoms with Crippen molar-refractivity contribution in [2.24, 2.45) is 0 Å². The molecule has 1 heteroatoms. The van der Waals surface area contributed by atoms with Gasteiger partial charge in [0.15, 0.2) is 0 Å². The molecule has 0 saturated carbocycles. The van der Waals surface area contributed by atoms with Crippen LogP contribution in [-0.4, -0.2) is 0 Å². The van der Waals surface area contributed by atoms with E-state index in [0.29, 0.717) is 0 Å². The largest absolute Gasteiger partial charge is 0.310 e. The van der Waals surface area contributed by atoms with E-state index in [2.05, 4.69) is 209 Å². The van der Waals surface area contributed by atoms with Crippen LogP contribution >= 0.6 is 0 Å². The van der Waals surface area contributed by atoms with Crippen molar-refractivity contribution in [1.29, 1.82) is 0 Å². The maximum absolute atomic E-state index is 2.47. The van der Waals surface area contributed by atoms with Crippen LogP contribution in [0.15, 0.2) is 176 Å². The topological polar surface area (TPSA) is 3.24 Å². The van der Waals surface area contributed by atoms with Crippen molar-refractivity contribution in [1.82, 2.24) is 0 Å². The lowest BCUT2D eigenvalue weighted by Gasteiger charge is -2.29. The van der Waals surface area contributed by atoms with Gasteiger partial charge in [-0.2, -0.15) is 0 Å². The minimum Gasteiger partial charge on any atom is -0.310 e. The van der Waals surface area contributed by atoms with Gasteiger partial charge in [0.1, 0.15) is 0 Å². The van der Waals surface area contributed by atoms with Gasteiger partial charge in [-0.15, -0.1) is 0 Å². The quantitative estimate of drug-likeness (QED) is 0.175. The Morgan fingerprint density at radius 1 is 0.340 bits per heavy atom. The average Bonchev–Trinajstić information content (AvgIpc) is 3.58. The van der Waals surface area contributed by atoms with E-state index >= 15 is 0 Å². The van der Waals surface area contributed by atoms with Gasteiger partial charge in [0.05, 0.1) is 5.69 Å². The van der Waals surface area contributed by atoms with E-state index in [1.54, 1.807) is 0 Å². The van der Waals surface area contributed by atoms with Crippen molar-refractivity contribution in [3.8, 4) is 44.5 Å². The van der Waals surface area contributed by atoms with Crippen molar-refractivity contribution < 1.29 is 0 Å². The summed E-state index contributed by atoms with van der Waals surface area (Å²) in [7, 11) is 0. The zero-order valence-electron chi connectivity index (χ0n) is 30.7. The second-order valence-electron chi connectivity index (χ2n) is 15.8. The fourth-order valence-electron chi connectivity index (χ4n) is 9.23. The average molecular weight is 680 g/mol. The van der Waals surface area contributed by atoms with E-state index in [9.17, 15) is 0 Å². The number of fused-ring (bicyclic) bond motifs is 7. The van der Waals surface area contributed by atoms with E-state index in [4.69, 9.17) is 0 Å². The zero-order chi connectivity index (χ0) is 35.9. The molecule has 0 fully saturated rings. The molecule has 53 heavy (non-hydrogen) atoms.